The van der Waals surface area contributed by atoms with Gasteiger partial charge in [-0.1, -0.05) is 36.4 Å². The molecule has 1 aromatic heterocycles. The van der Waals surface area contributed by atoms with E-state index < -0.39 is 0 Å². The van der Waals surface area contributed by atoms with Gasteiger partial charge in [-0.25, -0.2) is 9.67 Å². The Morgan fingerprint density at radius 2 is 1.75 bits per heavy atom. The van der Waals surface area contributed by atoms with Gasteiger partial charge in [-0.15, -0.1) is 0 Å². The lowest BCUT2D eigenvalue weighted by atomic mass is 10.3. The molecule has 24 heavy (non-hydrogen) atoms. The zero-order chi connectivity index (χ0) is 16.9. The van der Waals surface area contributed by atoms with Gasteiger partial charge in [0.25, 0.3) is 5.56 Å². The predicted molar refractivity (Wildman–Crippen MR) is 101 cm³/mol. The van der Waals surface area contributed by atoms with Gasteiger partial charge in [-0.3, -0.25) is 9.89 Å². The molecule has 5 nitrogen and oxygen atoms in total. The van der Waals surface area contributed by atoms with Crippen LogP contribution in [0.2, 0.25) is 0 Å². The minimum atomic E-state index is -0.162. The summed E-state index contributed by atoms with van der Waals surface area (Å²) < 4.78 is 1.49. The molecule has 2 aromatic carbocycles. The predicted octanol–water partition coefficient (Wildman–Crippen LogP) is 3.29. The summed E-state index contributed by atoms with van der Waals surface area (Å²) in [6.07, 6.45) is 1.49. The zero-order valence-electron chi connectivity index (χ0n) is 13.1. The highest BCUT2D eigenvalue weighted by molar-refractivity contribution is 7.80. The molecule has 6 heteroatoms. The van der Waals surface area contributed by atoms with Crippen LogP contribution < -0.4 is 10.9 Å². The van der Waals surface area contributed by atoms with Crippen LogP contribution in [0.25, 0.3) is 5.69 Å². The van der Waals surface area contributed by atoms with Crippen LogP contribution in [0, 0.1) is 6.92 Å². The van der Waals surface area contributed by atoms with Crippen LogP contribution in [0.15, 0.2) is 70.5 Å². The summed E-state index contributed by atoms with van der Waals surface area (Å²) in [5.41, 5.74) is 2.68. The molecule has 0 spiro atoms. The van der Waals surface area contributed by atoms with Gasteiger partial charge in [0.1, 0.15) is 0 Å². The van der Waals surface area contributed by atoms with Crippen molar-refractivity contribution in [2.75, 3.05) is 5.32 Å². The van der Waals surface area contributed by atoms with Crippen LogP contribution in [0.3, 0.4) is 0 Å². The highest BCUT2D eigenvalue weighted by Gasteiger charge is 2.10. The van der Waals surface area contributed by atoms with E-state index in [0.717, 1.165) is 17.1 Å². The lowest BCUT2D eigenvalue weighted by Gasteiger charge is -2.02. The third-order valence-corrected chi connectivity index (χ3v) is 3.67. The molecule has 0 radical (unpaired) electrons. The average molecular weight is 336 g/mol. The van der Waals surface area contributed by atoms with Gasteiger partial charge in [0.2, 0.25) is 0 Å². The van der Waals surface area contributed by atoms with Crippen molar-refractivity contribution in [1.29, 1.82) is 0 Å². The Morgan fingerprint density at radius 1 is 1.12 bits per heavy atom. The minimum Gasteiger partial charge on any atom is -0.331 e. The van der Waals surface area contributed by atoms with Crippen molar-refractivity contribution in [3.63, 3.8) is 0 Å². The molecule has 0 unspecified atom stereocenters. The summed E-state index contributed by atoms with van der Waals surface area (Å²) in [6, 6.07) is 18.9. The smallest absolute Gasteiger partial charge is 0.280 e. The molecule has 0 amide bonds. The van der Waals surface area contributed by atoms with Crippen LogP contribution in [0.1, 0.15) is 11.3 Å². The topological polar surface area (TPSA) is 62.2 Å². The van der Waals surface area contributed by atoms with E-state index in [1.54, 1.807) is 0 Å². The van der Waals surface area contributed by atoms with Gasteiger partial charge in [0.15, 0.2) is 5.11 Å². The number of thiocarbonyl (C=S) groups is 1. The number of anilines is 1. The molecule has 0 aliphatic rings. The number of aromatic nitrogens is 2. The highest BCUT2D eigenvalue weighted by Crippen LogP contribution is 2.07. The molecule has 120 valence electrons. The maximum absolute atomic E-state index is 12.5. The number of rotatable bonds is 3. The van der Waals surface area contributed by atoms with Gasteiger partial charge in [-0.2, -0.15) is 0 Å². The van der Waals surface area contributed by atoms with Crippen LogP contribution in [-0.2, 0) is 0 Å². The normalized spacial score (nSPS) is 10.9. The number of nitrogens with one attached hydrogen (secondary N) is 2. The van der Waals surface area contributed by atoms with E-state index in [4.69, 9.17) is 12.2 Å². The van der Waals surface area contributed by atoms with Gasteiger partial charge in [0, 0.05) is 17.6 Å². The number of hydrogen-bond donors (Lipinski definition) is 2. The standard InChI is InChI=1S/C18H16N4OS/c1-13-16(12-19-18(24)20-14-8-4-2-5-9-14)17(23)22(21-13)15-10-6-3-7-11-15/h2-12,21H,1H3,(H,20,24)/b19-12+. The van der Waals surface area contributed by atoms with Crippen molar-refractivity contribution in [2.24, 2.45) is 4.99 Å². The van der Waals surface area contributed by atoms with E-state index in [-0.39, 0.29) is 5.56 Å². The molecular weight excluding hydrogens is 320 g/mol. The molecule has 0 aliphatic carbocycles. The fourth-order valence-electron chi connectivity index (χ4n) is 2.27. The highest BCUT2D eigenvalue weighted by atomic mass is 32.1. The average Bonchev–Trinajstić information content (AvgIpc) is 2.89. The summed E-state index contributed by atoms with van der Waals surface area (Å²) in [6.45, 7) is 1.83. The molecule has 0 fully saturated rings. The van der Waals surface area contributed by atoms with Crippen molar-refractivity contribution in [1.82, 2.24) is 9.78 Å². The Morgan fingerprint density at radius 3 is 2.42 bits per heavy atom. The number of hydrogen-bond acceptors (Lipinski definition) is 2. The van der Waals surface area contributed by atoms with E-state index in [1.165, 1.54) is 10.9 Å². The first-order chi connectivity index (χ1) is 11.6. The Balaban J connectivity index is 1.82. The van der Waals surface area contributed by atoms with Gasteiger partial charge in [-0.05, 0) is 43.4 Å². The molecule has 2 N–H and O–H groups in total. The van der Waals surface area contributed by atoms with E-state index in [1.807, 2.05) is 67.6 Å². The first-order valence-corrected chi connectivity index (χ1v) is 7.83. The summed E-state index contributed by atoms with van der Waals surface area (Å²) in [5, 5.41) is 6.35. The first kappa shape index (κ1) is 15.9. The van der Waals surface area contributed by atoms with Crippen molar-refractivity contribution in [3.8, 4) is 5.69 Å². The van der Waals surface area contributed by atoms with Crippen molar-refractivity contribution in [2.45, 2.75) is 6.92 Å². The van der Waals surface area contributed by atoms with Crippen molar-refractivity contribution < 1.29 is 0 Å². The number of aryl methyl sites for hydroxylation is 1. The molecule has 0 saturated carbocycles. The van der Waals surface area contributed by atoms with E-state index in [9.17, 15) is 4.79 Å². The fraction of sp³-hybridized carbons (Fsp3) is 0.0556. The SMILES string of the molecule is Cc1[nH]n(-c2ccccc2)c(=O)c1/C=N/C(=S)Nc1ccccc1. The molecular formula is C18H16N4OS. The Kier molecular flexibility index (Phi) is 4.67. The lowest BCUT2D eigenvalue weighted by molar-refractivity contribution is 0.835. The summed E-state index contributed by atoms with van der Waals surface area (Å²) >= 11 is 5.19. The third kappa shape index (κ3) is 3.49. The maximum atomic E-state index is 12.5. The number of aliphatic imine (C=N–C) groups is 1. The lowest BCUT2D eigenvalue weighted by Crippen LogP contribution is -2.17. The van der Waals surface area contributed by atoms with Crippen molar-refractivity contribution >= 4 is 29.2 Å². The van der Waals surface area contributed by atoms with Gasteiger partial charge < -0.3 is 5.32 Å². The number of aromatic amines is 1. The Hall–Kier alpha value is -2.99. The quantitative estimate of drug-likeness (QED) is 0.570. The fourth-order valence-corrected chi connectivity index (χ4v) is 2.44. The molecule has 3 rings (SSSR count). The maximum Gasteiger partial charge on any atom is 0.280 e. The first-order valence-electron chi connectivity index (χ1n) is 7.42. The zero-order valence-corrected chi connectivity index (χ0v) is 13.9. The second-order valence-electron chi connectivity index (χ2n) is 5.18. The largest absolute Gasteiger partial charge is 0.331 e. The monoisotopic (exact) mass is 336 g/mol. The molecule has 0 bridgehead atoms. The number of H-pyrrole nitrogens is 1. The van der Waals surface area contributed by atoms with Crippen LogP contribution in [0.5, 0.6) is 0 Å². The van der Waals surface area contributed by atoms with Crippen LogP contribution in [-0.4, -0.2) is 21.1 Å². The molecule has 3 aromatic rings. The van der Waals surface area contributed by atoms with Crippen LogP contribution >= 0.6 is 12.2 Å². The summed E-state index contributed by atoms with van der Waals surface area (Å²) in [7, 11) is 0. The van der Waals surface area contributed by atoms with E-state index in [2.05, 4.69) is 15.4 Å². The number of para-hydroxylation sites is 2. The van der Waals surface area contributed by atoms with E-state index in [0.29, 0.717) is 10.7 Å². The second-order valence-corrected chi connectivity index (χ2v) is 5.57. The Bertz CT molecular complexity index is 927. The Labute approximate surface area is 144 Å². The van der Waals surface area contributed by atoms with Gasteiger partial charge >= 0.3 is 0 Å². The molecule has 0 saturated heterocycles. The van der Waals surface area contributed by atoms with Gasteiger partial charge in [0.05, 0.1) is 11.3 Å². The molecule has 0 aliphatic heterocycles. The number of benzene rings is 2. The minimum absolute atomic E-state index is 0.162. The summed E-state index contributed by atoms with van der Waals surface area (Å²) in [4.78, 5) is 16.7. The number of nitrogens with zero attached hydrogens (tertiary/aromatic N) is 2. The van der Waals surface area contributed by atoms with Crippen molar-refractivity contribution in [3.05, 3.63) is 82.3 Å². The summed E-state index contributed by atoms with van der Waals surface area (Å²) in [5.74, 6) is 0. The molecule has 0 atom stereocenters. The third-order valence-electron chi connectivity index (χ3n) is 3.47. The van der Waals surface area contributed by atoms with Crippen LogP contribution in [0.4, 0.5) is 5.69 Å². The molecule has 1 heterocycles. The van der Waals surface area contributed by atoms with E-state index >= 15 is 0 Å². The second kappa shape index (κ2) is 7.06.